The van der Waals surface area contributed by atoms with Crippen molar-refractivity contribution in [3.8, 4) is 0 Å². The van der Waals surface area contributed by atoms with E-state index in [2.05, 4.69) is 17.6 Å². The molecule has 6 nitrogen and oxygen atoms in total. The largest absolute Gasteiger partial charge is 0.345 e. The Hall–Kier alpha value is -2.37. The lowest BCUT2D eigenvalue weighted by atomic mass is 10.1. The first-order chi connectivity index (χ1) is 12.8. The molecule has 3 amide bonds. The number of carbonyl (C=O) groups is 3. The Morgan fingerprint density at radius 1 is 1.04 bits per heavy atom. The number of anilines is 1. The van der Waals surface area contributed by atoms with Gasteiger partial charge in [-0.05, 0) is 31.4 Å². The second kappa shape index (κ2) is 12.1. The lowest BCUT2D eigenvalue weighted by Crippen LogP contribution is -2.44. The highest BCUT2D eigenvalue weighted by Gasteiger charge is 2.18. The predicted octanol–water partition coefficient (Wildman–Crippen LogP) is 3.11. The van der Waals surface area contributed by atoms with Gasteiger partial charge >= 0.3 is 0 Å². The Morgan fingerprint density at radius 2 is 1.70 bits per heavy atom. The molecule has 0 saturated carbocycles. The number of unbranched alkanes of at least 4 members (excludes halogenated alkanes) is 2. The van der Waals surface area contributed by atoms with Gasteiger partial charge in [-0.25, -0.2) is 0 Å². The van der Waals surface area contributed by atoms with Crippen molar-refractivity contribution in [2.75, 3.05) is 25.0 Å². The molecule has 27 heavy (non-hydrogen) atoms. The number of hydrogen-bond acceptors (Lipinski definition) is 3. The summed E-state index contributed by atoms with van der Waals surface area (Å²) in [6, 6.07) is 7.44. The van der Waals surface area contributed by atoms with Crippen LogP contribution in [0.5, 0.6) is 0 Å². The summed E-state index contributed by atoms with van der Waals surface area (Å²) in [5, 5.41) is 5.33. The van der Waals surface area contributed by atoms with Gasteiger partial charge in [0.05, 0.1) is 13.1 Å². The maximum atomic E-state index is 12.4. The topological polar surface area (TPSA) is 78.5 Å². The molecule has 1 aromatic carbocycles. The van der Waals surface area contributed by atoms with E-state index in [0.29, 0.717) is 18.7 Å². The third-order valence-electron chi connectivity index (χ3n) is 4.05. The average molecular weight is 376 g/mol. The van der Waals surface area contributed by atoms with E-state index in [0.717, 1.165) is 24.8 Å². The summed E-state index contributed by atoms with van der Waals surface area (Å²) in [6.07, 6.45) is 3.35. The zero-order chi connectivity index (χ0) is 20.2. The quantitative estimate of drug-likeness (QED) is 0.583. The molecule has 0 unspecified atom stereocenters. The summed E-state index contributed by atoms with van der Waals surface area (Å²) in [7, 11) is 0. The van der Waals surface area contributed by atoms with Crippen LogP contribution in [0.3, 0.4) is 0 Å². The zero-order valence-corrected chi connectivity index (χ0v) is 17.0. The Morgan fingerprint density at radius 3 is 2.30 bits per heavy atom. The molecule has 0 aliphatic rings. The monoisotopic (exact) mass is 375 g/mol. The molecule has 0 fully saturated rings. The van der Waals surface area contributed by atoms with E-state index in [4.69, 9.17) is 0 Å². The molecule has 0 aliphatic carbocycles. The first kappa shape index (κ1) is 22.7. The Kier molecular flexibility index (Phi) is 10.2. The lowest BCUT2D eigenvalue weighted by molar-refractivity contribution is -0.136. The fraction of sp³-hybridized carbons (Fsp3) is 0.571. The Balaban J connectivity index is 2.46. The van der Waals surface area contributed by atoms with Crippen molar-refractivity contribution in [2.45, 2.75) is 53.4 Å². The summed E-state index contributed by atoms with van der Waals surface area (Å²) in [4.78, 5) is 38.1. The van der Waals surface area contributed by atoms with Gasteiger partial charge in [-0.1, -0.05) is 51.3 Å². The molecule has 1 rings (SSSR count). The molecule has 0 saturated heterocycles. The van der Waals surface area contributed by atoms with Crippen LogP contribution in [0.15, 0.2) is 24.3 Å². The summed E-state index contributed by atoms with van der Waals surface area (Å²) >= 11 is 0. The van der Waals surface area contributed by atoms with Crippen LogP contribution in [0.25, 0.3) is 0 Å². The van der Waals surface area contributed by atoms with Crippen molar-refractivity contribution >= 4 is 23.4 Å². The molecule has 150 valence electrons. The average Bonchev–Trinajstić information content (AvgIpc) is 2.61. The van der Waals surface area contributed by atoms with E-state index >= 15 is 0 Å². The first-order valence-electron chi connectivity index (χ1n) is 9.72. The number of carbonyl (C=O) groups excluding carboxylic acids is 3. The maximum Gasteiger partial charge on any atom is 0.243 e. The van der Waals surface area contributed by atoms with Gasteiger partial charge in [-0.3, -0.25) is 14.4 Å². The lowest BCUT2D eigenvalue weighted by Gasteiger charge is -2.24. The number of amides is 3. The smallest absolute Gasteiger partial charge is 0.243 e. The fourth-order valence-corrected chi connectivity index (χ4v) is 2.63. The van der Waals surface area contributed by atoms with Crippen molar-refractivity contribution in [3.63, 3.8) is 0 Å². The third-order valence-corrected chi connectivity index (χ3v) is 4.05. The second-order valence-corrected chi connectivity index (χ2v) is 7.32. The first-order valence-corrected chi connectivity index (χ1v) is 9.72. The second-order valence-electron chi connectivity index (χ2n) is 7.32. The highest BCUT2D eigenvalue weighted by molar-refractivity contribution is 5.95. The molecule has 0 heterocycles. The minimum atomic E-state index is -0.321. The van der Waals surface area contributed by atoms with Crippen LogP contribution in [-0.4, -0.2) is 42.3 Å². The number of rotatable bonds is 11. The van der Waals surface area contributed by atoms with Crippen LogP contribution in [0, 0.1) is 12.8 Å². The molecule has 0 aliphatic heterocycles. The van der Waals surface area contributed by atoms with Crippen molar-refractivity contribution in [3.05, 3.63) is 29.8 Å². The zero-order valence-electron chi connectivity index (χ0n) is 17.0. The summed E-state index contributed by atoms with van der Waals surface area (Å²) in [5.74, 6) is -0.343. The predicted molar refractivity (Wildman–Crippen MR) is 108 cm³/mol. The molecule has 0 spiro atoms. The molecular formula is C21H33N3O3. The van der Waals surface area contributed by atoms with Crippen molar-refractivity contribution < 1.29 is 14.4 Å². The van der Waals surface area contributed by atoms with Crippen molar-refractivity contribution in [2.24, 2.45) is 5.92 Å². The van der Waals surface area contributed by atoms with E-state index in [9.17, 15) is 14.4 Å². The van der Waals surface area contributed by atoms with Crippen LogP contribution in [0.1, 0.15) is 52.0 Å². The Bertz CT molecular complexity index is 612. The van der Waals surface area contributed by atoms with Gasteiger partial charge in [0.25, 0.3) is 0 Å². The standard InChI is InChI=1S/C21H33N3O3/c1-5-6-7-8-21(27)24(14-16(2)3)15-20(26)22-13-19(25)23-18-11-9-17(4)10-12-18/h9-12,16H,5-8,13-15H2,1-4H3,(H,22,26)(H,23,25). The number of nitrogens with zero attached hydrogens (tertiary/aromatic N) is 1. The van der Waals surface area contributed by atoms with Crippen molar-refractivity contribution in [1.29, 1.82) is 0 Å². The van der Waals surface area contributed by atoms with Crippen molar-refractivity contribution in [1.82, 2.24) is 10.2 Å². The van der Waals surface area contributed by atoms with Gasteiger partial charge in [-0.2, -0.15) is 0 Å². The number of benzene rings is 1. The van der Waals surface area contributed by atoms with Gasteiger partial charge < -0.3 is 15.5 Å². The van der Waals surface area contributed by atoms with Crippen LogP contribution < -0.4 is 10.6 Å². The van der Waals surface area contributed by atoms with Gasteiger partial charge in [0.2, 0.25) is 17.7 Å². The maximum absolute atomic E-state index is 12.4. The molecule has 2 N–H and O–H groups in total. The Labute approximate surface area is 162 Å². The number of nitrogens with one attached hydrogen (secondary N) is 2. The molecule has 0 aromatic heterocycles. The van der Waals surface area contributed by atoms with E-state index in [1.807, 2.05) is 45.0 Å². The van der Waals surface area contributed by atoms with Crippen LogP contribution in [0.2, 0.25) is 0 Å². The SMILES string of the molecule is CCCCCC(=O)N(CC(=O)NCC(=O)Nc1ccc(C)cc1)CC(C)C. The molecule has 0 radical (unpaired) electrons. The minimum Gasteiger partial charge on any atom is -0.345 e. The van der Waals surface area contributed by atoms with E-state index in [1.54, 1.807) is 4.90 Å². The fourth-order valence-electron chi connectivity index (χ4n) is 2.63. The summed E-state index contributed by atoms with van der Waals surface area (Å²) in [6.45, 7) is 8.49. The van der Waals surface area contributed by atoms with E-state index in [-0.39, 0.29) is 36.7 Å². The summed E-state index contributed by atoms with van der Waals surface area (Å²) < 4.78 is 0. The number of hydrogen-bond donors (Lipinski definition) is 2. The molecule has 6 heteroatoms. The van der Waals surface area contributed by atoms with Crippen LogP contribution in [0.4, 0.5) is 5.69 Å². The normalized spacial score (nSPS) is 10.6. The van der Waals surface area contributed by atoms with E-state index in [1.165, 1.54) is 0 Å². The van der Waals surface area contributed by atoms with Crippen LogP contribution in [-0.2, 0) is 14.4 Å². The molecule has 0 bridgehead atoms. The van der Waals surface area contributed by atoms with Gasteiger partial charge in [0, 0.05) is 18.7 Å². The molecule has 1 aromatic rings. The van der Waals surface area contributed by atoms with Gasteiger partial charge in [0.15, 0.2) is 0 Å². The highest BCUT2D eigenvalue weighted by Crippen LogP contribution is 2.08. The third kappa shape index (κ3) is 9.78. The summed E-state index contributed by atoms with van der Waals surface area (Å²) in [5.41, 5.74) is 1.79. The van der Waals surface area contributed by atoms with Crippen LogP contribution >= 0.6 is 0 Å². The minimum absolute atomic E-state index is 0.00333. The van der Waals surface area contributed by atoms with Gasteiger partial charge in [-0.15, -0.1) is 0 Å². The van der Waals surface area contributed by atoms with Gasteiger partial charge in [0.1, 0.15) is 0 Å². The molecular weight excluding hydrogens is 342 g/mol. The molecule has 0 atom stereocenters. The van der Waals surface area contributed by atoms with E-state index < -0.39 is 0 Å². The number of aryl methyl sites for hydroxylation is 1. The highest BCUT2D eigenvalue weighted by atomic mass is 16.2.